The van der Waals surface area contributed by atoms with Crippen LogP contribution in [-0.2, 0) is 10.2 Å². The summed E-state index contributed by atoms with van der Waals surface area (Å²) in [6, 6.07) is 13.6. The Kier molecular flexibility index (Phi) is 4.74. The number of hydrogen-bond acceptors (Lipinski definition) is 4. The number of fused-ring (bicyclic) bond motifs is 2. The average Bonchev–Trinajstić information content (AvgIpc) is 3.01. The van der Waals surface area contributed by atoms with Crippen LogP contribution in [0.4, 0.5) is 10.1 Å². The minimum atomic E-state index is -1.09. The quantitative estimate of drug-likeness (QED) is 0.869. The van der Waals surface area contributed by atoms with Crippen LogP contribution in [0.3, 0.4) is 0 Å². The number of nitrogens with zero attached hydrogens (tertiary/aromatic N) is 1. The fraction of sp³-hybridized carbons (Fsp3) is 0.409. The van der Waals surface area contributed by atoms with E-state index < -0.39 is 30.0 Å². The minimum absolute atomic E-state index is 0.147. The molecule has 4 rings (SSSR count). The molecule has 142 valence electrons. The fourth-order valence-electron chi connectivity index (χ4n) is 4.79. The molecule has 1 unspecified atom stereocenters. The van der Waals surface area contributed by atoms with Crippen LogP contribution in [0.1, 0.15) is 42.9 Å². The Bertz CT molecular complexity index is 841. The smallest absolute Gasteiger partial charge is 0.146 e. The number of benzene rings is 2. The summed E-state index contributed by atoms with van der Waals surface area (Å²) in [5, 5.41) is 20.3. The zero-order valence-corrected chi connectivity index (χ0v) is 15.1. The van der Waals surface area contributed by atoms with Gasteiger partial charge in [-0.3, -0.25) is 4.79 Å². The summed E-state index contributed by atoms with van der Waals surface area (Å²) < 4.78 is 15.0. The van der Waals surface area contributed by atoms with Crippen molar-refractivity contribution in [2.75, 3.05) is 18.1 Å². The monoisotopic (exact) mass is 369 g/mol. The molecule has 1 heterocycles. The fourth-order valence-corrected chi connectivity index (χ4v) is 4.79. The van der Waals surface area contributed by atoms with Crippen molar-refractivity contribution in [1.29, 1.82) is 0 Å². The third kappa shape index (κ3) is 2.86. The number of halogens is 1. The summed E-state index contributed by atoms with van der Waals surface area (Å²) in [7, 11) is 0. The lowest BCUT2D eigenvalue weighted by atomic mass is 9.69. The number of hydrogen-bond donors (Lipinski definition) is 2. The summed E-state index contributed by atoms with van der Waals surface area (Å²) >= 11 is 0. The van der Waals surface area contributed by atoms with Crippen molar-refractivity contribution in [3.8, 4) is 0 Å². The van der Waals surface area contributed by atoms with Gasteiger partial charge >= 0.3 is 0 Å². The number of carbonyl (C=O) groups is 1. The maximum Gasteiger partial charge on any atom is 0.146 e. The van der Waals surface area contributed by atoms with E-state index >= 15 is 0 Å². The van der Waals surface area contributed by atoms with E-state index in [0.29, 0.717) is 25.1 Å². The van der Waals surface area contributed by atoms with Gasteiger partial charge in [0.2, 0.25) is 0 Å². The maximum absolute atomic E-state index is 15.0. The van der Waals surface area contributed by atoms with Crippen LogP contribution in [0, 0.1) is 5.82 Å². The minimum Gasteiger partial charge on any atom is -0.394 e. The molecule has 2 aromatic rings. The number of aliphatic hydroxyl groups excluding tert-OH is 2. The van der Waals surface area contributed by atoms with E-state index in [9.17, 15) is 19.4 Å². The predicted molar refractivity (Wildman–Crippen MR) is 101 cm³/mol. The molecule has 0 radical (unpaired) electrons. The molecule has 4 nitrogen and oxygen atoms in total. The predicted octanol–water partition coefficient (Wildman–Crippen LogP) is 3.12. The van der Waals surface area contributed by atoms with Crippen LogP contribution in [-0.4, -0.2) is 35.3 Å². The standard InChI is InChI=1S/C22H24FNO3/c23-17-10-6-9-16-21(17)24(14-22(16)12-5-4-11-19(22)27)20(18(26)13-25)15-7-2-1-3-8-15/h1-3,6-10,18,20,25-26H,4-5,11-14H2/t18-,20+,22?/m1/s1. The van der Waals surface area contributed by atoms with E-state index in [1.165, 1.54) is 6.07 Å². The molecule has 0 saturated heterocycles. The molecule has 27 heavy (non-hydrogen) atoms. The average molecular weight is 369 g/mol. The second-order valence-electron chi connectivity index (χ2n) is 7.58. The Balaban J connectivity index is 1.87. The van der Waals surface area contributed by atoms with Gasteiger partial charge in [0.05, 0.1) is 23.8 Å². The van der Waals surface area contributed by atoms with Crippen molar-refractivity contribution in [3.05, 3.63) is 65.5 Å². The molecule has 1 aliphatic carbocycles. The molecule has 0 amide bonds. The first-order valence-electron chi connectivity index (χ1n) is 9.51. The SMILES string of the molecule is O=C1CCCCC12CN([C@@H](c1ccccc1)[C@H](O)CO)c1c(F)cccc12. The lowest BCUT2D eigenvalue weighted by molar-refractivity contribution is -0.126. The van der Waals surface area contributed by atoms with Crippen LogP contribution in [0.2, 0.25) is 0 Å². The molecule has 2 N–H and O–H groups in total. The van der Waals surface area contributed by atoms with Gasteiger partial charge in [-0.1, -0.05) is 48.9 Å². The van der Waals surface area contributed by atoms with E-state index in [4.69, 9.17) is 0 Å². The molecule has 3 atom stereocenters. The highest BCUT2D eigenvalue weighted by Crippen LogP contribution is 2.51. The first-order valence-corrected chi connectivity index (χ1v) is 9.51. The molecule has 1 aliphatic heterocycles. The number of aliphatic hydroxyl groups is 2. The van der Waals surface area contributed by atoms with Crippen molar-refractivity contribution >= 4 is 11.5 Å². The number of carbonyl (C=O) groups excluding carboxylic acids is 1. The highest BCUT2D eigenvalue weighted by Gasteiger charge is 2.52. The van der Waals surface area contributed by atoms with Crippen LogP contribution in [0.5, 0.6) is 0 Å². The van der Waals surface area contributed by atoms with Gasteiger partial charge in [0, 0.05) is 13.0 Å². The van der Waals surface area contributed by atoms with Gasteiger partial charge in [0.25, 0.3) is 0 Å². The van der Waals surface area contributed by atoms with Gasteiger partial charge in [-0.05, 0) is 30.0 Å². The highest BCUT2D eigenvalue weighted by molar-refractivity contribution is 5.95. The zero-order chi connectivity index (χ0) is 19.0. The summed E-state index contributed by atoms with van der Waals surface area (Å²) in [6.45, 7) is -0.112. The van der Waals surface area contributed by atoms with Gasteiger partial charge < -0.3 is 15.1 Å². The molecule has 2 aromatic carbocycles. The van der Waals surface area contributed by atoms with Crippen LogP contribution >= 0.6 is 0 Å². The van der Waals surface area contributed by atoms with Gasteiger partial charge in [-0.25, -0.2) is 4.39 Å². The van der Waals surface area contributed by atoms with Crippen molar-refractivity contribution in [3.63, 3.8) is 0 Å². The van der Waals surface area contributed by atoms with Crippen LogP contribution in [0.15, 0.2) is 48.5 Å². The topological polar surface area (TPSA) is 60.8 Å². The lowest BCUT2D eigenvalue weighted by Gasteiger charge is -2.37. The molecular weight excluding hydrogens is 345 g/mol. The maximum atomic E-state index is 15.0. The van der Waals surface area contributed by atoms with Crippen LogP contribution in [0.25, 0.3) is 0 Å². The number of Topliss-reactive ketones (excluding diaryl/α,β-unsaturated/α-hetero) is 1. The van der Waals surface area contributed by atoms with E-state index in [0.717, 1.165) is 24.0 Å². The Morgan fingerprint density at radius 1 is 1.11 bits per heavy atom. The summed E-state index contributed by atoms with van der Waals surface area (Å²) in [5.41, 5.74) is 1.17. The largest absolute Gasteiger partial charge is 0.394 e. The first-order chi connectivity index (χ1) is 13.1. The molecule has 1 saturated carbocycles. The molecule has 0 bridgehead atoms. The molecule has 1 spiro atoms. The highest BCUT2D eigenvalue weighted by atomic mass is 19.1. The molecule has 5 heteroatoms. The number of para-hydroxylation sites is 1. The number of ketones is 1. The normalized spacial score (nSPS) is 24.1. The molecule has 0 aromatic heterocycles. The van der Waals surface area contributed by atoms with Crippen molar-refractivity contribution in [2.24, 2.45) is 0 Å². The van der Waals surface area contributed by atoms with Gasteiger partial charge in [-0.15, -0.1) is 0 Å². The zero-order valence-electron chi connectivity index (χ0n) is 15.1. The van der Waals surface area contributed by atoms with E-state index in [1.54, 1.807) is 11.0 Å². The number of rotatable bonds is 4. The van der Waals surface area contributed by atoms with Crippen molar-refractivity contribution in [1.82, 2.24) is 0 Å². The van der Waals surface area contributed by atoms with Crippen molar-refractivity contribution < 1.29 is 19.4 Å². The van der Waals surface area contributed by atoms with Crippen LogP contribution < -0.4 is 4.90 Å². The molecule has 2 aliphatic rings. The molecule has 1 fully saturated rings. The third-order valence-electron chi connectivity index (χ3n) is 6.05. The lowest BCUT2D eigenvalue weighted by Crippen LogP contribution is -2.46. The first kappa shape index (κ1) is 18.1. The summed E-state index contributed by atoms with van der Waals surface area (Å²) in [4.78, 5) is 14.8. The Labute approximate surface area is 158 Å². The Hall–Kier alpha value is -2.24. The van der Waals surface area contributed by atoms with E-state index in [1.807, 2.05) is 36.4 Å². The number of anilines is 1. The Morgan fingerprint density at radius 2 is 1.89 bits per heavy atom. The second kappa shape index (κ2) is 7.06. The Morgan fingerprint density at radius 3 is 2.59 bits per heavy atom. The summed E-state index contributed by atoms with van der Waals surface area (Å²) in [6.07, 6.45) is 1.90. The van der Waals surface area contributed by atoms with Crippen molar-refractivity contribution in [2.45, 2.75) is 43.2 Å². The van der Waals surface area contributed by atoms with E-state index in [2.05, 4.69) is 0 Å². The van der Waals surface area contributed by atoms with E-state index in [-0.39, 0.29) is 5.78 Å². The van der Waals surface area contributed by atoms with Gasteiger partial charge in [-0.2, -0.15) is 0 Å². The molecular formula is C22H24FNO3. The van der Waals surface area contributed by atoms with Gasteiger partial charge in [0.1, 0.15) is 17.7 Å². The second-order valence-corrected chi connectivity index (χ2v) is 7.58. The van der Waals surface area contributed by atoms with Gasteiger partial charge in [0.15, 0.2) is 0 Å². The third-order valence-corrected chi connectivity index (χ3v) is 6.05. The summed E-state index contributed by atoms with van der Waals surface area (Å²) in [5.74, 6) is -0.248.